The Morgan fingerprint density at radius 3 is 2.54 bits per heavy atom. The van der Waals surface area contributed by atoms with Crippen LogP contribution >= 0.6 is 23.8 Å². The van der Waals surface area contributed by atoms with E-state index in [1.54, 1.807) is 6.20 Å². The van der Waals surface area contributed by atoms with Gasteiger partial charge >= 0.3 is 0 Å². The first-order chi connectivity index (χ1) is 17.9. The molecule has 2 atom stereocenters. The van der Waals surface area contributed by atoms with E-state index >= 15 is 0 Å². The van der Waals surface area contributed by atoms with E-state index < -0.39 is 0 Å². The van der Waals surface area contributed by atoms with Gasteiger partial charge in [-0.3, -0.25) is 9.78 Å². The van der Waals surface area contributed by atoms with Crippen LogP contribution in [0.15, 0.2) is 79.1 Å². The molecule has 3 heterocycles. The van der Waals surface area contributed by atoms with E-state index in [0.29, 0.717) is 11.5 Å². The van der Waals surface area contributed by atoms with E-state index in [1.807, 2.05) is 69.3 Å². The molecule has 5 rings (SSSR count). The average Bonchev–Trinajstić information content (AvgIpc) is 3.51. The van der Waals surface area contributed by atoms with Crippen LogP contribution in [-0.2, 0) is 4.79 Å². The molecule has 0 spiro atoms. The van der Waals surface area contributed by atoms with Crippen LogP contribution in [-0.4, -0.2) is 20.6 Å². The van der Waals surface area contributed by atoms with Crippen LogP contribution in [0.25, 0.3) is 5.69 Å². The highest BCUT2D eigenvalue weighted by Gasteiger charge is 2.42. The summed E-state index contributed by atoms with van der Waals surface area (Å²) in [6.07, 6.45) is 4.29. The van der Waals surface area contributed by atoms with Gasteiger partial charge in [-0.1, -0.05) is 24.6 Å². The van der Waals surface area contributed by atoms with Gasteiger partial charge in [0, 0.05) is 46.6 Å². The molecule has 1 saturated heterocycles. The van der Waals surface area contributed by atoms with Gasteiger partial charge in [0.05, 0.1) is 11.7 Å². The second-order valence-electron chi connectivity index (χ2n) is 9.13. The van der Waals surface area contributed by atoms with Gasteiger partial charge in [-0.2, -0.15) is 0 Å². The van der Waals surface area contributed by atoms with Gasteiger partial charge < -0.3 is 20.1 Å². The second-order valence-corrected chi connectivity index (χ2v) is 9.93. The maximum absolute atomic E-state index is 12.0. The third-order valence-corrected chi connectivity index (χ3v) is 7.42. The minimum absolute atomic E-state index is 0.0154. The molecule has 37 heavy (non-hydrogen) atoms. The number of hydrogen-bond donors (Lipinski definition) is 2. The Morgan fingerprint density at radius 1 is 1.05 bits per heavy atom. The van der Waals surface area contributed by atoms with Gasteiger partial charge in [-0.25, -0.2) is 0 Å². The molecule has 0 saturated carbocycles. The lowest BCUT2D eigenvalue weighted by atomic mass is 10.00. The molecule has 1 aliphatic rings. The summed E-state index contributed by atoms with van der Waals surface area (Å²) in [5.74, 6) is -0.0154. The molecule has 0 bridgehead atoms. The number of carbonyl (C=O) groups excluding carboxylic acids is 1. The van der Waals surface area contributed by atoms with Gasteiger partial charge in [0.25, 0.3) is 0 Å². The lowest BCUT2D eigenvalue weighted by molar-refractivity contribution is -0.115. The second kappa shape index (κ2) is 10.4. The van der Waals surface area contributed by atoms with Crippen molar-refractivity contribution in [3.05, 3.63) is 107 Å². The molecular formula is C29H28ClN5OS. The van der Waals surface area contributed by atoms with Gasteiger partial charge in [0.2, 0.25) is 5.91 Å². The number of benzene rings is 2. The summed E-state index contributed by atoms with van der Waals surface area (Å²) in [7, 11) is 0. The van der Waals surface area contributed by atoms with Crippen LogP contribution in [0.3, 0.4) is 0 Å². The van der Waals surface area contributed by atoms with E-state index in [4.69, 9.17) is 23.8 Å². The topological polar surface area (TPSA) is 62.2 Å². The lowest BCUT2D eigenvalue weighted by Gasteiger charge is -2.29. The summed E-state index contributed by atoms with van der Waals surface area (Å²) in [6.45, 7) is 5.84. The first-order valence-electron chi connectivity index (χ1n) is 12.2. The zero-order chi connectivity index (χ0) is 26.1. The number of rotatable bonds is 6. The summed E-state index contributed by atoms with van der Waals surface area (Å²) in [4.78, 5) is 18.8. The molecule has 2 aromatic heterocycles. The van der Waals surface area contributed by atoms with Crippen LogP contribution in [0.5, 0.6) is 0 Å². The molecule has 2 N–H and O–H groups in total. The van der Waals surface area contributed by atoms with Crippen LogP contribution in [0.4, 0.5) is 11.4 Å². The summed E-state index contributed by atoms with van der Waals surface area (Å²) in [5.41, 5.74) is 6.70. The van der Waals surface area contributed by atoms with Crippen molar-refractivity contribution in [1.29, 1.82) is 0 Å². The molecule has 8 heteroatoms. The lowest BCUT2D eigenvalue weighted by Crippen LogP contribution is -2.30. The van der Waals surface area contributed by atoms with E-state index in [2.05, 4.69) is 49.5 Å². The maximum atomic E-state index is 12.0. The molecule has 1 amide bonds. The molecular weight excluding hydrogens is 502 g/mol. The van der Waals surface area contributed by atoms with E-state index in [1.165, 1.54) is 0 Å². The van der Waals surface area contributed by atoms with Crippen molar-refractivity contribution in [2.75, 3.05) is 10.2 Å². The molecule has 0 unspecified atom stereocenters. The molecule has 188 valence electrons. The molecule has 0 radical (unpaired) electrons. The Bertz CT molecular complexity index is 1470. The number of halogens is 1. The van der Waals surface area contributed by atoms with Crippen molar-refractivity contribution in [1.82, 2.24) is 14.9 Å². The summed E-state index contributed by atoms with van der Waals surface area (Å²) >= 11 is 12.2. The van der Waals surface area contributed by atoms with Gasteiger partial charge in [-0.15, -0.1) is 0 Å². The van der Waals surface area contributed by atoms with Crippen LogP contribution < -0.4 is 15.5 Å². The smallest absolute Gasteiger partial charge is 0.224 e. The summed E-state index contributed by atoms with van der Waals surface area (Å²) in [6, 6.07) is 21.8. The van der Waals surface area contributed by atoms with Crippen molar-refractivity contribution in [3.8, 4) is 5.69 Å². The number of hydrogen-bond acceptors (Lipinski definition) is 3. The van der Waals surface area contributed by atoms with Crippen molar-refractivity contribution < 1.29 is 4.79 Å². The number of nitrogens with zero attached hydrogens (tertiary/aromatic N) is 3. The molecule has 1 fully saturated rings. The number of aryl methyl sites for hydroxylation is 2. The van der Waals surface area contributed by atoms with Crippen LogP contribution in [0.1, 0.15) is 47.9 Å². The third kappa shape index (κ3) is 4.84. The summed E-state index contributed by atoms with van der Waals surface area (Å²) < 4.78 is 2.18. The maximum Gasteiger partial charge on any atom is 0.224 e. The SMILES string of the molecule is CCC(=O)Nc1ccc(N2C(=S)N[C@H](c3ccccn3)[C@H]2c2cccn2-c2ccc(Cl)c(C)c2)cc1C. The van der Waals surface area contributed by atoms with Crippen LogP contribution in [0.2, 0.25) is 5.02 Å². The third-order valence-electron chi connectivity index (χ3n) is 6.68. The predicted molar refractivity (Wildman–Crippen MR) is 154 cm³/mol. The van der Waals surface area contributed by atoms with Gasteiger partial charge in [0.1, 0.15) is 6.04 Å². The first kappa shape index (κ1) is 25.0. The Balaban J connectivity index is 1.62. The van der Waals surface area contributed by atoms with Crippen molar-refractivity contribution in [3.63, 3.8) is 0 Å². The Labute approximate surface area is 227 Å². The highest BCUT2D eigenvalue weighted by molar-refractivity contribution is 7.80. The fraction of sp³-hybridized carbons (Fsp3) is 0.207. The normalized spacial score (nSPS) is 17.1. The van der Waals surface area contributed by atoms with E-state index in [-0.39, 0.29) is 18.0 Å². The number of anilines is 2. The van der Waals surface area contributed by atoms with Crippen molar-refractivity contribution >= 4 is 46.2 Å². The predicted octanol–water partition coefficient (Wildman–Crippen LogP) is 6.67. The van der Waals surface area contributed by atoms with Gasteiger partial charge in [-0.05, 0) is 97.9 Å². The molecule has 0 aliphatic carbocycles. The Hall–Kier alpha value is -3.68. The van der Waals surface area contributed by atoms with E-state index in [9.17, 15) is 4.79 Å². The largest absolute Gasteiger partial charge is 0.351 e. The standard InChI is InChI=1S/C29H28ClN5OS/c1-4-26(36)32-23-13-11-21(17-19(23)3)35-28(27(33-29(35)37)24-8-5-6-14-31-24)25-9-7-15-34(25)20-10-12-22(30)18(2)16-20/h5-17,27-28H,4H2,1-3H3,(H,32,36)(H,33,37)/t27-,28-/m1/s1. The minimum atomic E-state index is -0.177. The molecule has 1 aliphatic heterocycles. The number of aromatic nitrogens is 2. The fourth-order valence-electron chi connectivity index (χ4n) is 4.76. The van der Waals surface area contributed by atoms with Crippen molar-refractivity contribution in [2.24, 2.45) is 0 Å². The highest BCUT2D eigenvalue weighted by atomic mass is 35.5. The first-order valence-corrected chi connectivity index (χ1v) is 13.0. The molecule has 6 nitrogen and oxygen atoms in total. The van der Waals surface area contributed by atoms with Gasteiger partial charge in [0.15, 0.2) is 5.11 Å². The average molecular weight is 530 g/mol. The highest BCUT2D eigenvalue weighted by Crippen LogP contribution is 2.43. The quantitative estimate of drug-likeness (QED) is 0.273. The summed E-state index contributed by atoms with van der Waals surface area (Å²) in [5, 5.41) is 7.85. The monoisotopic (exact) mass is 529 g/mol. The Kier molecular flexibility index (Phi) is 7.00. The molecule has 2 aromatic carbocycles. The minimum Gasteiger partial charge on any atom is -0.351 e. The Morgan fingerprint density at radius 2 is 1.84 bits per heavy atom. The number of thiocarbonyl (C=S) groups is 1. The zero-order valence-corrected chi connectivity index (χ0v) is 22.5. The fourth-order valence-corrected chi connectivity index (χ4v) is 5.22. The number of pyridine rings is 1. The molecule has 4 aromatic rings. The van der Waals surface area contributed by atoms with Crippen molar-refractivity contribution in [2.45, 2.75) is 39.3 Å². The number of amides is 1. The number of nitrogens with one attached hydrogen (secondary N) is 2. The van der Waals surface area contributed by atoms with Crippen LogP contribution in [0, 0.1) is 13.8 Å². The number of carbonyl (C=O) groups is 1. The van der Waals surface area contributed by atoms with E-state index in [0.717, 1.165) is 44.6 Å². The zero-order valence-electron chi connectivity index (χ0n) is 20.9.